The van der Waals surface area contributed by atoms with E-state index >= 15 is 0 Å². The van der Waals surface area contributed by atoms with Crippen molar-refractivity contribution in [2.24, 2.45) is 5.73 Å². The number of ether oxygens (including phenoxy) is 1. The molecule has 0 bridgehead atoms. The molecule has 0 saturated heterocycles. The van der Waals surface area contributed by atoms with Gasteiger partial charge in [0.05, 0.1) is 6.04 Å². The maximum absolute atomic E-state index is 13.7. The van der Waals surface area contributed by atoms with Crippen LogP contribution in [-0.4, -0.2) is 11.1 Å². The number of benzene rings is 2. The number of hydrogen-bond donors (Lipinski definition) is 1. The summed E-state index contributed by atoms with van der Waals surface area (Å²) in [7, 11) is 0. The number of pyridine rings is 1. The highest BCUT2D eigenvalue weighted by Gasteiger charge is 2.17. The molecule has 0 amide bonds. The van der Waals surface area contributed by atoms with Crippen molar-refractivity contribution in [3.05, 3.63) is 98.4 Å². The van der Waals surface area contributed by atoms with Crippen LogP contribution in [0.1, 0.15) is 17.2 Å². The van der Waals surface area contributed by atoms with Crippen molar-refractivity contribution in [3.63, 3.8) is 0 Å². The van der Waals surface area contributed by atoms with Crippen molar-refractivity contribution in [1.82, 2.24) is 4.57 Å². The molecule has 0 radical (unpaired) electrons. The molecule has 0 aliphatic rings. The molecule has 1 atom stereocenters. The molecule has 0 fully saturated rings. The minimum absolute atomic E-state index is 0.132. The lowest BCUT2D eigenvalue weighted by Crippen LogP contribution is -2.30. The number of nitrogens with zero attached hydrogens (tertiary/aromatic N) is 1. The summed E-state index contributed by atoms with van der Waals surface area (Å²) >= 11 is 3.25. The Morgan fingerprint density at radius 3 is 2.52 bits per heavy atom. The molecular weight excluding hydrogens is 418 g/mol. The van der Waals surface area contributed by atoms with Crippen LogP contribution in [0, 0.1) is 11.6 Å². The smallest absolute Gasteiger partial charge is 0.269 e. The van der Waals surface area contributed by atoms with Gasteiger partial charge in [-0.1, -0.05) is 30.3 Å². The second-order valence-corrected chi connectivity index (χ2v) is 6.69. The zero-order valence-electron chi connectivity index (χ0n) is 14.2. The van der Waals surface area contributed by atoms with Crippen molar-refractivity contribution >= 4 is 15.9 Å². The molecule has 2 aromatic carbocycles. The Labute approximate surface area is 163 Å². The highest BCUT2D eigenvalue weighted by Crippen LogP contribution is 2.24. The van der Waals surface area contributed by atoms with Crippen molar-refractivity contribution < 1.29 is 13.5 Å². The Morgan fingerprint density at radius 1 is 1.11 bits per heavy atom. The maximum Gasteiger partial charge on any atom is 0.269 e. The van der Waals surface area contributed by atoms with Crippen LogP contribution in [0.25, 0.3) is 0 Å². The number of hydrogen-bond acceptors (Lipinski definition) is 3. The number of nitrogens with two attached hydrogens (primary N) is 1. The summed E-state index contributed by atoms with van der Waals surface area (Å²) in [6.07, 6.45) is 1.59. The first-order valence-electron chi connectivity index (χ1n) is 8.23. The zero-order valence-corrected chi connectivity index (χ0v) is 15.8. The number of halogens is 3. The van der Waals surface area contributed by atoms with E-state index < -0.39 is 11.6 Å². The summed E-state index contributed by atoms with van der Waals surface area (Å²) in [5.41, 5.74) is 6.67. The van der Waals surface area contributed by atoms with Crippen LogP contribution in [0.5, 0.6) is 5.75 Å². The molecule has 140 valence electrons. The maximum atomic E-state index is 13.7. The van der Waals surface area contributed by atoms with Crippen LogP contribution < -0.4 is 16.0 Å². The molecule has 0 saturated carbocycles. The molecule has 4 nitrogen and oxygen atoms in total. The van der Waals surface area contributed by atoms with E-state index in [1.165, 1.54) is 10.6 Å². The molecule has 2 N–H and O–H groups in total. The molecule has 7 heteroatoms. The molecule has 0 aliphatic heterocycles. The van der Waals surface area contributed by atoms with Gasteiger partial charge in [0, 0.05) is 24.4 Å². The summed E-state index contributed by atoms with van der Waals surface area (Å²) in [6.45, 7) is 0.116. The number of aromatic nitrogens is 1. The summed E-state index contributed by atoms with van der Waals surface area (Å²) in [5, 5.41) is 0. The van der Waals surface area contributed by atoms with E-state index in [9.17, 15) is 13.6 Å². The van der Waals surface area contributed by atoms with E-state index in [-0.39, 0.29) is 40.5 Å². The molecule has 1 aromatic heterocycles. The van der Waals surface area contributed by atoms with Gasteiger partial charge < -0.3 is 15.0 Å². The van der Waals surface area contributed by atoms with Gasteiger partial charge in [0.2, 0.25) is 0 Å². The lowest BCUT2D eigenvalue weighted by molar-refractivity contribution is 0.295. The lowest BCUT2D eigenvalue weighted by Gasteiger charge is -2.20. The van der Waals surface area contributed by atoms with Gasteiger partial charge in [0.1, 0.15) is 28.5 Å². The van der Waals surface area contributed by atoms with E-state index in [1.54, 1.807) is 12.3 Å². The summed E-state index contributed by atoms with van der Waals surface area (Å²) in [5.74, 6) is -1.09. The van der Waals surface area contributed by atoms with E-state index in [0.29, 0.717) is 0 Å². The SMILES string of the molecule is NCC(c1ccccc1)n1ccc(OCc2ccc(F)cc2F)c(Br)c1=O. The number of rotatable bonds is 6. The van der Waals surface area contributed by atoms with Crippen molar-refractivity contribution in [1.29, 1.82) is 0 Å². The highest BCUT2D eigenvalue weighted by molar-refractivity contribution is 9.10. The fourth-order valence-corrected chi connectivity index (χ4v) is 3.20. The van der Waals surface area contributed by atoms with Gasteiger partial charge in [0.25, 0.3) is 5.56 Å². The molecule has 1 unspecified atom stereocenters. The standard InChI is InChI=1S/C20H17BrF2N2O2/c21-19-18(27-12-14-6-7-15(22)10-16(14)23)8-9-25(20(19)26)17(11-24)13-4-2-1-3-5-13/h1-10,17H,11-12,24H2. The Hall–Kier alpha value is -2.51. The van der Waals surface area contributed by atoms with Gasteiger partial charge in [-0.2, -0.15) is 0 Å². The quantitative estimate of drug-likeness (QED) is 0.637. The Morgan fingerprint density at radius 2 is 1.85 bits per heavy atom. The van der Waals surface area contributed by atoms with Crippen LogP contribution in [0.2, 0.25) is 0 Å². The van der Waals surface area contributed by atoms with E-state index in [0.717, 1.165) is 17.7 Å². The molecule has 3 aromatic rings. The van der Waals surface area contributed by atoms with E-state index in [2.05, 4.69) is 15.9 Å². The first-order valence-corrected chi connectivity index (χ1v) is 9.03. The van der Waals surface area contributed by atoms with Gasteiger partial charge in [-0.05, 0) is 39.7 Å². The van der Waals surface area contributed by atoms with Gasteiger partial charge in [-0.25, -0.2) is 8.78 Å². The molecule has 3 rings (SSSR count). The van der Waals surface area contributed by atoms with Crippen LogP contribution in [0.3, 0.4) is 0 Å². The van der Waals surface area contributed by atoms with Gasteiger partial charge in [-0.3, -0.25) is 4.79 Å². The third-order valence-electron chi connectivity index (χ3n) is 4.17. The van der Waals surface area contributed by atoms with Crippen LogP contribution in [-0.2, 0) is 6.61 Å². The molecule has 0 spiro atoms. The van der Waals surface area contributed by atoms with Crippen LogP contribution in [0.4, 0.5) is 8.78 Å². The fourth-order valence-electron chi connectivity index (χ4n) is 2.74. The van der Waals surface area contributed by atoms with E-state index in [4.69, 9.17) is 10.5 Å². The predicted octanol–water partition coefficient (Wildman–Crippen LogP) is 4.02. The normalized spacial score (nSPS) is 12.0. The highest BCUT2D eigenvalue weighted by atomic mass is 79.9. The third-order valence-corrected chi connectivity index (χ3v) is 4.90. The van der Waals surface area contributed by atoms with Crippen molar-refractivity contribution in [3.8, 4) is 5.75 Å². The van der Waals surface area contributed by atoms with Crippen molar-refractivity contribution in [2.45, 2.75) is 12.6 Å². The molecule has 27 heavy (non-hydrogen) atoms. The second-order valence-electron chi connectivity index (χ2n) is 5.89. The third kappa shape index (κ3) is 4.26. The summed E-state index contributed by atoms with van der Waals surface area (Å²) < 4.78 is 34.0. The molecular formula is C20H17BrF2N2O2. The van der Waals surface area contributed by atoms with Crippen LogP contribution in [0.15, 0.2) is 70.1 Å². The molecule has 1 heterocycles. The topological polar surface area (TPSA) is 57.2 Å². The van der Waals surface area contributed by atoms with Gasteiger partial charge >= 0.3 is 0 Å². The lowest BCUT2D eigenvalue weighted by atomic mass is 10.1. The largest absolute Gasteiger partial charge is 0.487 e. The monoisotopic (exact) mass is 434 g/mol. The summed E-state index contributed by atoms with van der Waals surface area (Å²) in [6, 6.07) is 14.0. The average molecular weight is 435 g/mol. The Kier molecular flexibility index (Phi) is 6.03. The van der Waals surface area contributed by atoms with E-state index in [1.807, 2.05) is 30.3 Å². The van der Waals surface area contributed by atoms with Gasteiger partial charge in [-0.15, -0.1) is 0 Å². The Bertz CT molecular complexity index is 993. The first kappa shape index (κ1) is 19.3. The minimum Gasteiger partial charge on any atom is -0.487 e. The second kappa shape index (κ2) is 8.45. The van der Waals surface area contributed by atoms with Crippen LogP contribution >= 0.6 is 15.9 Å². The zero-order chi connectivity index (χ0) is 19.4. The average Bonchev–Trinajstić information content (AvgIpc) is 2.67. The minimum atomic E-state index is -0.702. The predicted molar refractivity (Wildman–Crippen MR) is 103 cm³/mol. The van der Waals surface area contributed by atoms with Gasteiger partial charge in [0.15, 0.2) is 0 Å². The Balaban J connectivity index is 1.85. The fraction of sp³-hybridized carbons (Fsp3) is 0.150. The first-order chi connectivity index (χ1) is 13.0. The summed E-state index contributed by atoms with van der Waals surface area (Å²) in [4.78, 5) is 12.7. The van der Waals surface area contributed by atoms with Crippen molar-refractivity contribution in [2.75, 3.05) is 6.54 Å². The molecule has 0 aliphatic carbocycles.